The van der Waals surface area contributed by atoms with Crippen molar-refractivity contribution < 1.29 is 4.79 Å². The van der Waals surface area contributed by atoms with Crippen molar-refractivity contribution in [2.24, 2.45) is 5.92 Å². The molecule has 1 amide bonds. The van der Waals surface area contributed by atoms with Crippen LogP contribution in [0.3, 0.4) is 0 Å². The van der Waals surface area contributed by atoms with E-state index in [1.54, 1.807) is 0 Å². The number of carbonyl (C=O) groups is 1. The molecular weight excluding hydrogens is 260 g/mol. The maximum atomic E-state index is 12.1. The lowest BCUT2D eigenvalue weighted by molar-refractivity contribution is -0.120. The Morgan fingerprint density at radius 2 is 2.00 bits per heavy atom. The largest absolute Gasteiger partial charge is 0.326 e. The summed E-state index contributed by atoms with van der Waals surface area (Å²) < 4.78 is 0. The van der Waals surface area contributed by atoms with Gasteiger partial charge in [0.25, 0.3) is 0 Å². The SMILES string of the molecule is CNCc1cccc(NC(=O)C2CCCCC2)c1.Cl. The first-order valence-corrected chi connectivity index (χ1v) is 6.84. The molecule has 1 aromatic carbocycles. The molecule has 1 aromatic rings. The summed E-state index contributed by atoms with van der Waals surface area (Å²) in [6.45, 7) is 0.827. The molecule has 1 fully saturated rings. The smallest absolute Gasteiger partial charge is 0.227 e. The van der Waals surface area contributed by atoms with Crippen LogP contribution in [0.4, 0.5) is 5.69 Å². The Kier molecular flexibility index (Phi) is 6.89. The first-order chi connectivity index (χ1) is 8.79. The van der Waals surface area contributed by atoms with Crippen molar-refractivity contribution in [2.75, 3.05) is 12.4 Å². The van der Waals surface area contributed by atoms with E-state index in [1.165, 1.54) is 24.8 Å². The van der Waals surface area contributed by atoms with Crippen molar-refractivity contribution in [1.82, 2.24) is 5.32 Å². The number of halogens is 1. The average Bonchev–Trinajstić information content (AvgIpc) is 2.40. The van der Waals surface area contributed by atoms with Crippen molar-refractivity contribution in [3.8, 4) is 0 Å². The van der Waals surface area contributed by atoms with Crippen LogP contribution in [0.1, 0.15) is 37.7 Å². The normalized spacial score (nSPS) is 15.6. The third-order valence-corrected chi connectivity index (χ3v) is 3.55. The summed E-state index contributed by atoms with van der Waals surface area (Å²) in [4.78, 5) is 12.1. The van der Waals surface area contributed by atoms with E-state index in [0.717, 1.165) is 25.1 Å². The zero-order chi connectivity index (χ0) is 12.8. The molecule has 0 unspecified atom stereocenters. The van der Waals surface area contributed by atoms with Gasteiger partial charge < -0.3 is 10.6 Å². The summed E-state index contributed by atoms with van der Waals surface area (Å²) in [6, 6.07) is 8.05. The quantitative estimate of drug-likeness (QED) is 0.889. The topological polar surface area (TPSA) is 41.1 Å². The second kappa shape index (κ2) is 8.18. The fraction of sp³-hybridized carbons (Fsp3) is 0.533. The molecule has 0 aromatic heterocycles. The number of benzene rings is 1. The molecule has 3 nitrogen and oxygen atoms in total. The third kappa shape index (κ3) is 4.84. The number of rotatable bonds is 4. The van der Waals surface area contributed by atoms with E-state index in [1.807, 2.05) is 25.2 Å². The van der Waals surface area contributed by atoms with Crippen LogP contribution < -0.4 is 10.6 Å². The summed E-state index contributed by atoms with van der Waals surface area (Å²) in [6.07, 6.45) is 5.75. The highest BCUT2D eigenvalue weighted by molar-refractivity contribution is 5.92. The van der Waals surface area contributed by atoms with Crippen LogP contribution in [0.2, 0.25) is 0 Å². The van der Waals surface area contributed by atoms with Crippen LogP contribution in [0.25, 0.3) is 0 Å². The molecule has 0 spiro atoms. The van der Waals surface area contributed by atoms with E-state index in [-0.39, 0.29) is 24.2 Å². The van der Waals surface area contributed by atoms with Crippen molar-refractivity contribution in [3.63, 3.8) is 0 Å². The second-order valence-corrected chi connectivity index (χ2v) is 5.05. The van der Waals surface area contributed by atoms with Gasteiger partial charge >= 0.3 is 0 Å². The van der Waals surface area contributed by atoms with Crippen molar-refractivity contribution in [2.45, 2.75) is 38.6 Å². The summed E-state index contributed by atoms with van der Waals surface area (Å²) in [5.74, 6) is 0.406. The zero-order valence-corrected chi connectivity index (χ0v) is 12.3. The number of anilines is 1. The van der Waals surface area contributed by atoms with Crippen molar-refractivity contribution >= 4 is 24.0 Å². The monoisotopic (exact) mass is 282 g/mol. The van der Waals surface area contributed by atoms with Crippen LogP contribution in [0.15, 0.2) is 24.3 Å². The molecular formula is C15H23ClN2O. The summed E-state index contributed by atoms with van der Waals surface area (Å²) in [7, 11) is 1.92. The van der Waals surface area contributed by atoms with E-state index in [4.69, 9.17) is 0 Å². The van der Waals surface area contributed by atoms with Gasteiger partial charge in [0.15, 0.2) is 0 Å². The van der Waals surface area contributed by atoms with Gasteiger partial charge in [0.2, 0.25) is 5.91 Å². The Labute approximate surface area is 121 Å². The Bertz CT molecular complexity index is 403. The lowest BCUT2D eigenvalue weighted by Gasteiger charge is -2.20. The van der Waals surface area contributed by atoms with Crippen molar-refractivity contribution in [3.05, 3.63) is 29.8 Å². The van der Waals surface area contributed by atoms with Gasteiger partial charge in [0.1, 0.15) is 0 Å². The van der Waals surface area contributed by atoms with Gasteiger partial charge in [-0.3, -0.25) is 4.79 Å². The molecule has 0 bridgehead atoms. The minimum Gasteiger partial charge on any atom is -0.326 e. The number of hydrogen-bond acceptors (Lipinski definition) is 2. The summed E-state index contributed by atoms with van der Waals surface area (Å²) in [5.41, 5.74) is 2.11. The lowest BCUT2D eigenvalue weighted by atomic mass is 9.88. The average molecular weight is 283 g/mol. The van der Waals surface area contributed by atoms with Crippen LogP contribution in [0.5, 0.6) is 0 Å². The molecule has 0 radical (unpaired) electrons. The first kappa shape index (κ1) is 16.0. The number of amides is 1. The number of carbonyl (C=O) groups excluding carboxylic acids is 1. The second-order valence-electron chi connectivity index (χ2n) is 5.05. The van der Waals surface area contributed by atoms with Gasteiger partial charge in [-0.2, -0.15) is 0 Å². The minimum atomic E-state index is 0. The van der Waals surface area contributed by atoms with Gasteiger partial charge in [0.05, 0.1) is 0 Å². The van der Waals surface area contributed by atoms with Crippen LogP contribution >= 0.6 is 12.4 Å². The van der Waals surface area contributed by atoms with E-state index in [0.29, 0.717) is 0 Å². The van der Waals surface area contributed by atoms with E-state index >= 15 is 0 Å². The Morgan fingerprint density at radius 1 is 1.26 bits per heavy atom. The molecule has 106 valence electrons. The lowest BCUT2D eigenvalue weighted by Crippen LogP contribution is -2.24. The van der Waals surface area contributed by atoms with E-state index in [2.05, 4.69) is 16.7 Å². The summed E-state index contributed by atoms with van der Waals surface area (Å²) in [5, 5.41) is 6.16. The molecule has 2 rings (SSSR count). The molecule has 1 aliphatic carbocycles. The molecule has 0 aliphatic heterocycles. The van der Waals surface area contributed by atoms with Crippen molar-refractivity contribution in [1.29, 1.82) is 0 Å². The summed E-state index contributed by atoms with van der Waals surface area (Å²) >= 11 is 0. The van der Waals surface area contributed by atoms with E-state index < -0.39 is 0 Å². The number of nitrogens with one attached hydrogen (secondary N) is 2. The molecule has 0 heterocycles. The maximum Gasteiger partial charge on any atom is 0.227 e. The highest BCUT2D eigenvalue weighted by atomic mass is 35.5. The van der Waals surface area contributed by atoms with Gasteiger partial charge in [-0.1, -0.05) is 31.4 Å². The Balaban J connectivity index is 0.00000180. The zero-order valence-electron chi connectivity index (χ0n) is 11.4. The van der Waals surface area contributed by atoms with Crippen LogP contribution in [-0.4, -0.2) is 13.0 Å². The number of hydrogen-bond donors (Lipinski definition) is 2. The molecule has 1 aliphatic rings. The predicted octanol–water partition coefficient (Wildman–Crippen LogP) is 3.35. The highest BCUT2D eigenvalue weighted by Gasteiger charge is 2.20. The molecule has 2 N–H and O–H groups in total. The molecule has 19 heavy (non-hydrogen) atoms. The molecule has 0 atom stereocenters. The molecule has 0 saturated heterocycles. The molecule has 1 saturated carbocycles. The van der Waals surface area contributed by atoms with Gasteiger partial charge in [-0.15, -0.1) is 12.4 Å². The van der Waals surface area contributed by atoms with Crippen LogP contribution in [-0.2, 0) is 11.3 Å². The Morgan fingerprint density at radius 3 is 2.68 bits per heavy atom. The standard InChI is InChI=1S/C15H22N2O.ClH/c1-16-11-12-6-5-9-14(10-12)17-15(18)13-7-3-2-4-8-13;/h5-6,9-10,13,16H,2-4,7-8,11H2,1H3,(H,17,18);1H. The fourth-order valence-electron chi connectivity index (χ4n) is 2.57. The third-order valence-electron chi connectivity index (χ3n) is 3.55. The van der Waals surface area contributed by atoms with E-state index in [9.17, 15) is 4.79 Å². The van der Waals surface area contributed by atoms with Gasteiger partial charge in [0, 0.05) is 18.2 Å². The highest BCUT2D eigenvalue weighted by Crippen LogP contribution is 2.25. The van der Waals surface area contributed by atoms with Crippen LogP contribution in [0, 0.1) is 5.92 Å². The Hall–Kier alpha value is -1.06. The van der Waals surface area contributed by atoms with Gasteiger partial charge in [-0.05, 0) is 37.6 Å². The van der Waals surface area contributed by atoms with Gasteiger partial charge in [-0.25, -0.2) is 0 Å². The fourth-order valence-corrected chi connectivity index (χ4v) is 2.57. The molecule has 4 heteroatoms. The maximum absolute atomic E-state index is 12.1. The minimum absolute atomic E-state index is 0. The predicted molar refractivity (Wildman–Crippen MR) is 81.7 cm³/mol. The first-order valence-electron chi connectivity index (χ1n) is 6.84.